The Kier molecular flexibility index (Phi) is 4.20. The summed E-state index contributed by atoms with van der Waals surface area (Å²) in [7, 11) is 1.94. The molecule has 132 valence electrons. The number of nitrogens with zero attached hydrogens (tertiary/aromatic N) is 3. The molecule has 0 bridgehead atoms. The van der Waals surface area contributed by atoms with Crippen molar-refractivity contribution >= 4 is 16.8 Å². The summed E-state index contributed by atoms with van der Waals surface area (Å²) < 4.78 is 5.99. The minimum absolute atomic E-state index is 0.0617. The molecule has 0 N–H and O–H groups in total. The lowest BCUT2D eigenvalue weighted by Crippen LogP contribution is -2.64. The van der Waals surface area contributed by atoms with E-state index in [2.05, 4.69) is 16.9 Å². The van der Waals surface area contributed by atoms with Crippen LogP contribution in [-0.2, 0) is 4.74 Å². The lowest BCUT2D eigenvalue weighted by Gasteiger charge is -2.57. The molecule has 2 aromatic heterocycles. The predicted octanol–water partition coefficient (Wildman–Crippen LogP) is 3.44. The quantitative estimate of drug-likeness (QED) is 0.856. The van der Waals surface area contributed by atoms with E-state index in [-0.39, 0.29) is 17.4 Å². The summed E-state index contributed by atoms with van der Waals surface area (Å²) in [5, 5.41) is 0.822. The van der Waals surface area contributed by atoms with Crippen molar-refractivity contribution in [2.45, 2.75) is 51.2 Å². The number of fused-ring (bicyclic) bond motifs is 1. The van der Waals surface area contributed by atoms with Gasteiger partial charge in [0.25, 0.3) is 5.91 Å². The van der Waals surface area contributed by atoms with E-state index in [0.29, 0.717) is 11.7 Å². The number of carbonyl (C=O) groups is 1. The van der Waals surface area contributed by atoms with Crippen LogP contribution in [0.3, 0.4) is 0 Å². The van der Waals surface area contributed by atoms with E-state index in [1.54, 1.807) is 18.6 Å². The van der Waals surface area contributed by atoms with Gasteiger partial charge in [-0.15, -0.1) is 0 Å². The molecule has 1 amide bonds. The summed E-state index contributed by atoms with van der Waals surface area (Å²) in [5.74, 6) is 0.0617. The molecule has 1 spiro atoms. The first-order chi connectivity index (χ1) is 12.2. The fraction of sp³-hybridized carbons (Fsp3) is 0.550. The summed E-state index contributed by atoms with van der Waals surface area (Å²) in [6.45, 7) is 2.80. The Hall–Kier alpha value is -2.01. The van der Waals surface area contributed by atoms with Gasteiger partial charge in [-0.2, -0.15) is 0 Å². The van der Waals surface area contributed by atoms with Gasteiger partial charge in [0.1, 0.15) is 0 Å². The first-order valence-corrected chi connectivity index (χ1v) is 9.25. The fourth-order valence-electron chi connectivity index (χ4n) is 4.90. The van der Waals surface area contributed by atoms with E-state index < -0.39 is 0 Å². The van der Waals surface area contributed by atoms with E-state index in [9.17, 15) is 4.79 Å². The lowest BCUT2D eigenvalue weighted by atomic mass is 9.60. The maximum Gasteiger partial charge on any atom is 0.254 e. The number of amides is 1. The molecule has 2 fully saturated rings. The normalized spacial score (nSPS) is 24.4. The van der Waals surface area contributed by atoms with Crippen molar-refractivity contribution in [3.05, 3.63) is 36.3 Å². The Bertz CT molecular complexity index is 780. The van der Waals surface area contributed by atoms with Crippen molar-refractivity contribution in [3.63, 3.8) is 0 Å². The van der Waals surface area contributed by atoms with Crippen molar-refractivity contribution < 1.29 is 9.53 Å². The van der Waals surface area contributed by atoms with Crippen molar-refractivity contribution in [3.8, 4) is 0 Å². The van der Waals surface area contributed by atoms with Gasteiger partial charge in [-0.05, 0) is 38.3 Å². The van der Waals surface area contributed by atoms with E-state index in [1.807, 2.05) is 24.1 Å². The highest BCUT2D eigenvalue weighted by molar-refractivity contribution is 6.05. The second kappa shape index (κ2) is 6.37. The average molecular weight is 339 g/mol. The zero-order valence-corrected chi connectivity index (χ0v) is 14.9. The molecule has 0 unspecified atom stereocenters. The Morgan fingerprint density at radius 2 is 2.12 bits per heavy atom. The van der Waals surface area contributed by atoms with Gasteiger partial charge < -0.3 is 9.64 Å². The molecule has 4 rings (SSSR count). The molecule has 2 aromatic rings. The molecule has 0 aromatic carbocycles. The monoisotopic (exact) mass is 339 g/mol. The Morgan fingerprint density at radius 1 is 1.32 bits per heavy atom. The van der Waals surface area contributed by atoms with Crippen LogP contribution in [0.4, 0.5) is 0 Å². The van der Waals surface area contributed by atoms with Gasteiger partial charge in [-0.25, -0.2) is 0 Å². The smallest absolute Gasteiger partial charge is 0.254 e. The highest BCUT2D eigenvalue weighted by Crippen LogP contribution is 2.56. The van der Waals surface area contributed by atoms with Gasteiger partial charge in [-0.1, -0.05) is 12.8 Å². The highest BCUT2D eigenvalue weighted by Gasteiger charge is 2.58. The molecule has 25 heavy (non-hydrogen) atoms. The number of carbonyl (C=O) groups excluding carboxylic acids is 1. The Labute approximate surface area is 148 Å². The van der Waals surface area contributed by atoms with Crippen LogP contribution in [0.2, 0.25) is 0 Å². The Morgan fingerprint density at radius 3 is 2.88 bits per heavy atom. The lowest BCUT2D eigenvalue weighted by molar-refractivity contribution is -0.152. The summed E-state index contributed by atoms with van der Waals surface area (Å²) in [6, 6.07) is 3.92. The molecule has 2 aliphatic rings. The number of rotatable bonds is 4. The number of hydrogen-bond donors (Lipinski definition) is 0. The second-order valence-electron chi connectivity index (χ2n) is 7.30. The topological polar surface area (TPSA) is 55.3 Å². The number of pyridine rings is 2. The summed E-state index contributed by atoms with van der Waals surface area (Å²) in [5.41, 5.74) is 1.65. The number of hydrogen-bond acceptors (Lipinski definition) is 4. The zero-order valence-electron chi connectivity index (χ0n) is 14.9. The number of ether oxygens (including phenoxy) is 1. The standard InChI is InChI=1S/C20H25N3O2/c1-3-25-18-12-17(20(18)8-4-5-9-20)23(2)19(24)14-6-11-22-16-7-10-21-13-15(14)16/h6-7,10-11,13,17-18H,3-5,8-9,12H2,1-2H3/t17-,18-/m1/s1. The molecular formula is C20H25N3O2. The van der Waals surface area contributed by atoms with Crippen LogP contribution in [0.15, 0.2) is 30.7 Å². The third-order valence-electron chi connectivity index (χ3n) is 6.21. The van der Waals surface area contributed by atoms with Crippen LogP contribution in [0.25, 0.3) is 10.9 Å². The van der Waals surface area contributed by atoms with Crippen molar-refractivity contribution in [2.24, 2.45) is 5.41 Å². The largest absolute Gasteiger partial charge is 0.378 e. The third kappa shape index (κ3) is 2.53. The van der Waals surface area contributed by atoms with Crippen LogP contribution in [0.5, 0.6) is 0 Å². The van der Waals surface area contributed by atoms with Crippen LogP contribution in [0.1, 0.15) is 49.4 Å². The molecule has 0 radical (unpaired) electrons. The molecule has 0 saturated heterocycles. The summed E-state index contributed by atoms with van der Waals surface area (Å²) in [6.07, 6.45) is 11.2. The van der Waals surface area contributed by atoms with Crippen molar-refractivity contribution in [1.82, 2.24) is 14.9 Å². The first-order valence-electron chi connectivity index (χ1n) is 9.25. The molecule has 2 heterocycles. The van der Waals surface area contributed by atoms with Gasteiger partial charge >= 0.3 is 0 Å². The molecule has 0 aliphatic heterocycles. The molecular weight excluding hydrogens is 314 g/mol. The average Bonchev–Trinajstić information content (AvgIpc) is 3.16. The third-order valence-corrected chi connectivity index (χ3v) is 6.21. The zero-order chi connectivity index (χ0) is 17.4. The van der Waals surface area contributed by atoms with Crippen LogP contribution in [-0.4, -0.2) is 46.6 Å². The predicted molar refractivity (Wildman–Crippen MR) is 96.4 cm³/mol. The van der Waals surface area contributed by atoms with Gasteiger partial charge in [0.2, 0.25) is 0 Å². The van der Waals surface area contributed by atoms with Gasteiger partial charge in [0.05, 0.1) is 17.2 Å². The van der Waals surface area contributed by atoms with Crippen molar-refractivity contribution in [1.29, 1.82) is 0 Å². The highest BCUT2D eigenvalue weighted by atomic mass is 16.5. The van der Waals surface area contributed by atoms with E-state index >= 15 is 0 Å². The maximum atomic E-state index is 13.2. The van der Waals surface area contributed by atoms with Crippen molar-refractivity contribution in [2.75, 3.05) is 13.7 Å². The maximum absolute atomic E-state index is 13.2. The fourth-order valence-corrected chi connectivity index (χ4v) is 4.90. The van der Waals surface area contributed by atoms with E-state index in [0.717, 1.165) is 23.9 Å². The van der Waals surface area contributed by atoms with Gasteiger partial charge in [-0.3, -0.25) is 14.8 Å². The van der Waals surface area contributed by atoms with Crippen LogP contribution >= 0.6 is 0 Å². The molecule has 2 aliphatic carbocycles. The van der Waals surface area contributed by atoms with Crippen LogP contribution in [0, 0.1) is 5.41 Å². The number of aromatic nitrogens is 2. The first kappa shape index (κ1) is 16.5. The summed E-state index contributed by atoms with van der Waals surface area (Å²) >= 11 is 0. The molecule has 2 atom stereocenters. The summed E-state index contributed by atoms with van der Waals surface area (Å²) in [4.78, 5) is 23.7. The molecule has 5 nitrogen and oxygen atoms in total. The van der Waals surface area contributed by atoms with Crippen LogP contribution < -0.4 is 0 Å². The van der Waals surface area contributed by atoms with E-state index in [4.69, 9.17) is 4.74 Å². The molecule has 5 heteroatoms. The van der Waals surface area contributed by atoms with Gasteiger partial charge in [0.15, 0.2) is 0 Å². The molecule has 2 saturated carbocycles. The second-order valence-corrected chi connectivity index (χ2v) is 7.30. The van der Waals surface area contributed by atoms with E-state index in [1.165, 1.54) is 25.7 Å². The Balaban J connectivity index is 1.62. The SMILES string of the molecule is CCO[C@@H]1C[C@@H](N(C)C(=O)c2ccnc3ccncc23)C12CCCC2. The minimum Gasteiger partial charge on any atom is -0.378 e. The van der Waals surface area contributed by atoms with Gasteiger partial charge in [0, 0.05) is 49.1 Å². The minimum atomic E-state index is 0.0617.